The molecule has 1 unspecified atom stereocenters. The number of aromatic nitrogens is 2. The predicted molar refractivity (Wildman–Crippen MR) is 80.5 cm³/mol. The van der Waals surface area contributed by atoms with Crippen LogP contribution in [0, 0.1) is 3.57 Å². The summed E-state index contributed by atoms with van der Waals surface area (Å²) in [7, 11) is 0. The molecule has 1 aliphatic heterocycles. The maximum Gasteiger partial charge on any atom is 0.267 e. The molecule has 1 aromatic heterocycles. The summed E-state index contributed by atoms with van der Waals surface area (Å²) in [6.07, 6.45) is 2.63. The molecule has 4 nitrogen and oxygen atoms in total. The van der Waals surface area contributed by atoms with Crippen molar-refractivity contribution >= 4 is 22.6 Å². The molecular weight excluding hydrogens is 355 g/mol. The van der Waals surface area contributed by atoms with Crippen molar-refractivity contribution in [3.05, 3.63) is 56.0 Å². The number of hydrogen-bond acceptors (Lipinski definition) is 3. The second kappa shape index (κ2) is 5.32. The van der Waals surface area contributed by atoms with Crippen molar-refractivity contribution < 1.29 is 4.74 Å². The standard InChI is InChI=1S/C14H13IN2O2/c15-11-7-14(18)17(16-8-11)9-10-5-6-19-13-4-2-1-3-12(10)13/h1-4,7-8,10H,5-6,9H2. The third-order valence-electron chi connectivity index (χ3n) is 3.31. The van der Waals surface area contributed by atoms with Crippen molar-refractivity contribution in [2.24, 2.45) is 0 Å². The van der Waals surface area contributed by atoms with E-state index in [0.717, 1.165) is 15.7 Å². The monoisotopic (exact) mass is 368 g/mol. The first-order chi connectivity index (χ1) is 9.24. The van der Waals surface area contributed by atoms with Crippen LogP contribution in [0.2, 0.25) is 0 Å². The minimum Gasteiger partial charge on any atom is -0.493 e. The van der Waals surface area contributed by atoms with E-state index in [1.807, 2.05) is 18.2 Å². The van der Waals surface area contributed by atoms with Crippen LogP contribution in [0.5, 0.6) is 5.75 Å². The van der Waals surface area contributed by atoms with E-state index in [9.17, 15) is 4.79 Å². The lowest BCUT2D eigenvalue weighted by Crippen LogP contribution is -2.27. The first kappa shape index (κ1) is 12.7. The Kier molecular flexibility index (Phi) is 3.54. The summed E-state index contributed by atoms with van der Waals surface area (Å²) < 4.78 is 8.04. The SMILES string of the molecule is O=c1cc(I)cnn1CC1CCOc2ccccc21. The van der Waals surface area contributed by atoms with Crippen molar-refractivity contribution in [1.29, 1.82) is 0 Å². The Balaban J connectivity index is 1.90. The van der Waals surface area contributed by atoms with Gasteiger partial charge in [0.25, 0.3) is 5.56 Å². The Morgan fingerprint density at radius 3 is 3.11 bits per heavy atom. The van der Waals surface area contributed by atoms with E-state index in [-0.39, 0.29) is 11.5 Å². The van der Waals surface area contributed by atoms with Crippen LogP contribution in [-0.2, 0) is 6.54 Å². The maximum atomic E-state index is 11.9. The molecule has 5 heteroatoms. The van der Waals surface area contributed by atoms with Crippen molar-refractivity contribution in [2.75, 3.05) is 6.61 Å². The van der Waals surface area contributed by atoms with Gasteiger partial charge in [-0.2, -0.15) is 5.10 Å². The first-order valence-electron chi connectivity index (χ1n) is 6.18. The summed E-state index contributed by atoms with van der Waals surface area (Å²) in [6.45, 7) is 1.30. The Bertz CT molecular complexity index is 654. The summed E-state index contributed by atoms with van der Waals surface area (Å²) >= 11 is 2.10. The third-order valence-corrected chi connectivity index (χ3v) is 3.90. The number of nitrogens with zero attached hydrogens (tertiary/aromatic N) is 2. The number of halogens is 1. The minimum absolute atomic E-state index is 0.0455. The van der Waals surface area contributed by atoms with Crippen LogP contribution in [0.3, 0.4) is 0 Å². The summed E-state index contributed by atoms with van der Waals surface area (Å²) in [5, 5.41) is 4.20. The van der Waals surface area contributed by atoms with Crippen molar-refractivity contribution in [3.8, 4) is 5.75 Å². The molecule has 0 fully saturated rings. The molecule has 0 saturated heterocycles. The fourth-order valence-corrected chi connectivity index (χ4v) is 2.75. The molecule has 2 aromatic rings. The molecule has 2 heterocycles. The van der Waals surface area contributed by atoms with Crippen LogP contribution < -0.4 is 10.3 Å². The number of benzene rings is 1. The number of ether oxygens (including phenoxy) is 1. The van der Waals surface area contributed by atoms with Crippen LogP contribution in [0.4, 0.5) is 0 Å². The van der Waals surface area contributed by atoms with Gasteiger partial charge in [0.05, 0.1) is 19.3 Å². The minimum atomic E-state index is -0.0455. The molecule has 19 heavy (non-hydrogen) atoms. The highest BCUT2D eigenvalue weighted by Gasteiger charge is 2.21. The van der Waals surface area contributed by atoms with Gasteiger partial charge in [-0.05, 0) is 40.6 Å². The molecule has 0 saturated carbocycles. The van der Waals surface area contributed by atoms with Crippen LogP contribution in [0.15, 0.2) is 41.3 Å². The largest absolute Gasteiger partial charge is 0.493 e. The average Bonchev–Trinajstić information content (AvgIpc) is 2.42. The molecule has 1 aromatic carbocycles. The first-order valence-corrected chi connectivity index (χ1v) is 7.26. The van der Waals surface area contributed by atoms with E-state index >= 15 is 0 Å². The number of rotatable bonds is 2. The Labute approximate surface area is 124 Å². The van der Waals surface area contributed by atoms with Crippen molar-refractivity contribution in [3.63, 3.8) is 0 Å². The van der Waals surface area contributed by atoms with Gasteiger partial charge in [0.1, 0.15) is 5.75 Å². The fraction of sp³-hybridized carbons (Fsp3) is 0.286. The molecule has 0 amide bonds. The molecule has 98 valence electrons. The van der Waals surface area contributed by atoms with E-state index in [0.29, 0.717) is 13.2 Å². The molecule has 1 aliphatic rings. The zero-order valence-corrected chi connectivity index (χ0v) is 12.4. The van der Waals surface area contributed by atoms with Crippen LogP contribution in [0.25, 0.3) is 0 Å². The molecule has 1 atom stereocenters. The fourth-order valence-electron chi connectivity index (χ4n) is 2.36. The molecule has 3 rings (SSSR count). The maximum absolute atomic E-state index is 11.9. The van der Waals surface area contributed by atoms with Gasteiger partial charge >= 0.3 is 0 Å². The van der Waals surface area contributed by atoms with Crippen molar-refractivity contribution in [1.82, 2.24) is 9.78 Å². The van der Waals surface area contributed by atoms with Gasteiger partial charge in [-0.3, -0.25) is 4.79 Å². The van der Waals surface area contributed by atoms with Gasteiger partial charge in [0.15, 0.2) is 0 Å². The Hall–Kier alpha value is -1.37. The zero-order chi connectivity index (χ0) is 13.2. The summed E-state index contributed by atoms with van der Waals surface area (Å²) in [5.41, 5.74) is 1.12. The molecule has 0 N–H and O–H groups in total. The summed E-state index contributed by atoms with van der Waals surface area (Å²) in [5.74, 6) is 1.22. The Morgan fingerprint density at radius 1 is 1.42 bits per heavy atom. The highest BCUT2D eigenvalue weighted by Crippen LogP contribution is 2.33. The number of fused-ring (bicyclic) bond motifs is 1. The average molecular weight is 368 g/mol. The van der Waals surface area contributed by atoms with E-state index in [1.54, 1.807) is 12.3 Å². The predicted octanol–water partition coefficient (Wildman–Crippen LogP) is 2.41. The quantitative estimate of drug-likeness (QED) is 0.765. The highest BCUT2D eigenvalue weighted by molar-refractivity contribution is 14.1. The van der Waals surface area contributed by atoms with Gasteiger partial charge in [-0.1, -0.05) is 18.2 Å². The number of para-hydroxylation sites is 1. The normalized spacial score (nSPS) is 17.6. The lowest BCUT2D eigenvalue weighted by Gasteiger charge is -2.25. The molecular formula is C14H13IN2O2. The van der Waals surface area contributed by atoms with Gasteiger partial charge in [-0.15, -0.1) is 0 Å². The zero-order valence-electron chi connectivity index (χ0n) is 10.3. The summed E-state index contributed by atoms with van der Waals surface area (Å²) in [4.78, 5) is 11.9. The molecule has 0 spiro atoms. The summed E-state index contributed by atoms with van der Waals surface area (Å²) in [6, 6.07) is 9.63. The van der Waals surface area contributed by atoms with Crippen LogP contribution >= 0.6 is 22.6 Å². The second-order valence-corrected chi connectivity index (χ2v) is 5.81. The van der Waals surface area contributed by atoms with Gasteiger partial charge in [0.2, 0.25) is 0 Å². The van der Waals surface area contributed by atoms with Crippen molar-refractivity contribution in [2.45, 2.75) is 18.9 Å². The molecule has 0 aliphatic carbocycles. The van der Waals surface area contributed by atoms with E-state index in [2.05, 4.69) is 33.8 Å². The van der Waals surface area contributed by atoms with E-state index < -0.39 is 0 Å². The third kappa shape index (κ3) is 2.65. The van der Waals surface area contributed by atoms with Crippen LogP contribution in [-0.4, -0.2) is 16.4 Å². The Morgan fingerprint density at radius 2 is 2.26 bits per heavy atom. The second-order valence-electron chi connectivity index (χ2n) is 4.57. The van der Waals surface area contributed by atoms with Crippen LogP contribution in [0.1, 0.15) is 17.9 Å². The van der Waals surface area contributed by atoms with Gasteiger partial charge < -0.3 is 4.74 Å². The lowest BCUT2D eigenvalue weighted by molar-refractivity contribution is 0.255. The van der Waals surface area contributed by atoms with E-state index in [4.69, 9.17) is 4.74 Å². The smallest absolute Gasteiger partial charge is 0.267 e. The number of hydrogen-bond donors (Lipinski definition) is 0. The topological polar surface area (TPSA) is 44.1 Å². The highest BCUT2D eigenvalue weighted by atomic mass is 127. The molecule has 0 radical (unpaired) electrons. The molecule has 0 bridgehead atoms. The van der Waals surface area contributed by atoms with Gasteiger partial charge in [0, 0.05) is 15.6 Å². The van der Waals surface area contributed by atoms with Gasteiger partial charge in [-0.25, -0.2) is 4.68 Å². The van der Waals surface area contributed by atoms with E-state index in [1.165, 1.54) is 10.2 Å². The lowest BCUT2D eigenvalue weighted by atomic mass is 9.93.